The normalized spacial score (nSPS) is 12.7. The molecule has 1 atom stereocenters. The van der Waals surface area contributed by atoms with Crippen molar-refractivity contribution in [1.29, 1.82) is 0 Å². The summed E-state index contributed by atoms with van der Waals surface area (Å²) in [5.41, 5.74) is 0.653. The van der Waals surface area contributed by atoms with Gasteiger partial charge in [-0.2, -0.15) is 10.2 Å². The van der Waals surface area contributed by atoms with Gasteiger partial charge in [0.05, 0.1) is 12.3 Å². The monoisotopic (exact) mass is 240 g/mol. The van der Waals surface area contributed by atoms with Crippen LogP contribution in [0.4, 0.5) is 5.69 Å². The first kappa shape index (κ1) is 12.6. The highest BCUT2D eigenvalue weighted by molar-refractivity contribution is 6.30. The first-order chi connectivity index (χ1) is 7.63. The van der Waals surface area contributed by atoms with Gasteiger partial charge >= 0.3 is 5.97 Å². The predicted molar refractivity (Wildman–Crippen MR) is 62.1 cm³/mol. The number of benzene rings is 1. The highest BCUT2D eigenvalue weighted by Gasteiger charge is 2.11. The lowest BCUT2D eigenvalue weighted by molar-refractivity contribution is -0.144. The van der Waals surface area contributed by atoms with Crippen molar-refractivity contribution in [2.45, 2.75) is 19.9 Å². The zero-order valence-corrected chi connectivity index (χ0v) is 9.94. The number of carbonyl (C=O) groups is 1. The maximum atomic E-state index is 11.2. The number of esters is 1. The minimum Gasteiger partial charge on any atom is -0.464 e. The second-order valence-electron chi connectivity index (χ2n) is 3.12. The second-order valence-corrected chi connectivity index (χ2v) is 3.56. The summed E-state index contributed by atoms with van der Waals surface area (Å²) in [6, 6.07) is 6.29. The summed E-state index contributed by atoms with van der Waals surface area (Å²) >= 11 is 5.72. The van der Waals surface area contributed by atoms with Crippen molar-refractivity contribution < 1.29 is 9.53 Å². The fraction of sp³-hybridized carbons (Fsp3) is 0.364. The molecule has 1 unspecified atom stereocenters. The third-order valence-electron chi connectivity index (χ3n) is 1.80. The average molecular weight is 241 g/mol. The molecule has 0 aromatic heterocycles. The van der Waals surface area contributed by atoms with Crippen LogP contribution >= 0.6 is 11.6 Å². The fourth-order valence-electron chi connectivity index (χ4n) is 0.971. The second kappa shape index (κ2) is 6.23. The SMILES string of the molecule is CCOC(=O)C(C)N=Nc1ccc(Cl)cc1. The topological polar surface area (TPSA) is 51.0 Å². The van der Waals surface area contributed by atoms with Crippen molar-refractivity contribution in [3.05, 3.63) is 29.3 Å². The lowest BCUT2D eigenvalue weighted by Gasteiger charge is -2.03. The average Bonchev–Trinajstić information content (AvgIpc) is 2.28. The first-order valence-electron chi connectivity index (χ1n) is 4.96. The van der Waals surface area contributed by atoms with Crippen LogP contribution in [0.25, 0.3) is 0 Å². The Balaban J connectivity index is 2.59. The molecule has 0 saturated carbocycles. The van der Waals surface area contributed by atoms with Crippen LogP contribution in [0.3, 0.4) is 0 Å². The number of nitrogens with zero attached hydrogens (tertiary/aromatic N) is 2. The van der Waals surface area contributed by atoms with Gasteiger partial charge < -0.3 is 4.74 Å². The van der Waals surface area contributed by atoms with E-state index in [2.05, 4.69) is 10.2 Å². The van der Waals surface area contributed by atoms with Crippen LogP contribution in [-0.4, -0.2) is 18.6 Å². The number of hydrogen-bond donors (Lipinski definition) is 0. The van der Waals surface area contributed by atoms with E-state index < -0.39 is 6.04 Å². The molecule has 0 spiro atoms. The van der Waals surface area contributed by atoms with Crippen LogP contribution in [0.1, 0.15) is 13.8 Å². The van der Waals surface area contributed by atoms with Gasteiger partial charge in [0.15, 0.2) is 6.04 Å². The molecular weight excluding hydrogens is 228 g/mol. The number of ether oxygens (including phenoxy) is 1. The molecule has 0 bridgehead atoms. The van der Waals surface area contributed by atoms with E-state index in [-0.39, 0.29) is 5.97 Å². The van der Waals surface area contributed by atoms with E-state index in [1.54, 1.807) is 38.1 Å². The number of halogens is 1. The number of azo groups is 1. The molecule has 0 aliphatic carbocycles. The summed E-state index contributed by atoms with van der Waals surface area (Å²) in [5, 5.41) is 8.40. The molecule has 4 nitrogen and oxygen atoms in total. The van der Waals surface area contributed by atoms with Crippen molar-refractivity contribution in [2.24, 2.45) is 10.2 Å². The van der Waals surface area contributed by atoms with Crippen LogP contribution < -0.4 is 0 Å². The Kier molecular flexibility index (Phi) is 4.92. The smallest absolute Gasteiger partial charge is 0.332 e. The Bertz CT molecular complexity index is 376. The van der Waals surface area contributed by atoms with E-state index >= 15 is 0 Å². The molecule has 0 amide bonds. The van der Waals surface area contributed by atoms with Crippen molar-refractivity contribution in [2.75, 3.05) is 6.61 Å². The zero-order chi connectivity index (χ0) is 12.0. The Morgan fingerprint density at radius 2 is 2.06 bits per heavy atom. The van der Waals surface area contributed by atoms with Crippen molar-refractivity contribution in [1.82, 2.24) is 0 Å². The van der Waals surface area contributed by atoms with Crippen LogP contribution in [0.2, 0.25) is 5.02 Å². The van der Waals surface area contributed by atoms with Crippen molar-refractivity contribution in [3.63, 3.8) is 0 Å². The lowest BCUT2D eigenvalue weighted by atomic mass is 10.3. The molecule has 1 rings (SSSR count). The van der Waals surface area contributed by atoms with Crippen LogP contribution in [0, 0.1) is 0 Å². The number of carbonyl (C=O) groups excluding carboxylic acids is 1. The Labute approximate surface area is 99.3 Å². The lowest BCUT2D eigenvalue weighted by Crippen LogP contribution is -2.17. The standard InChI is InChI=1S/C11H13ClN2O2/c1-3-16-11(15)8(2)13-14-10-6-4-9(12)5-7-10/h4-8H,3H2,1-2H3. The summed E-state index contributed by atoms with van der Waals surface area (Å²) in [6.45, 7) is 3.73. The Morgan fingerprint density at radius 3 is 2.62 bits per heavy atom. The quantitative estimate of drug-likeness (QED) is 0.598. The summed E-state index contributed by atoms with van der Waals surface area (Å²) < 4.78 is 4.80. The van der Waals surface area contributed by atoms with E-state index in [1.807, 2.05) is 0 Å². The zero-order valence-electron chi connectivity index (χ0n) is 9.18. The van der Waals surface area contributed by atoms with Gasteiger partial charge in [0, 0.05) is 5.02 Å². The highest BCUT2D eigenvalue weighted by Crippen LogP contribution is 2.16. The Hall–Kier alpha value is -1.42. The van der Waals surface area contributed by atoms with Crippen LogP contribution in [-0.2, 0) is 9.53 Å². The van der Waals surface area contributed by atoms with Gasteiger partial charge in [-0.25, -0.2) is 4.79 Å². The molecule has 0 fully saturated rings. The van der Waals surface area contributed by atoms with Crippen molar-refractivity contribution in [3.8, 4) is 0 Å². The summed E-state index contributed by atoms with van der Waals surface area (Å²) in [4.78, 5) is 11.2. The maximum Gasteiger partial charge on any atom is 0.332 e. The van der Waals surface area contributed by atoms with Gasteiger partial charge in [0.1, 0.15) is 0 Å². The maximum absolute atomic E-state index is 11.2. The molecule has 0 saturated heterocycles. The molecule has 5 heteroatoms. The molecular formula is C11H13ClN2O2. The third-order valence-corrected chi connectivity index (χ3v) is 2.05. The fourth-order valence-corrected chi connectivity index (χ4v) is 1.10. The summed E-state index contributed by atoms with van der Waals surface area (Å²) in [7, 11) is 0. The van der Waals surface area contributed by atoms with E-state index in [0.29, 0.717) is 17.3 Å². The highest BCUT2D eigenvalue weighted by atomic mass is 35.5. The summed E-state index contributed by atoms with van der Waals surface area (Å²) in [5.74, 6) is -0.375. The van der Waals surface area contributed by atoms with E-state index in [4.69, 9.17) is 16.3 Å². The number of rotatable bonds is 4. The van der Waals surface area contributed by atoms with Crippen molar-refractivity contribution >= 4 is 23.3 Å². The van der Waals surface area contributed by atoms with Crippen LogP contribution in [0.5, 0.6) is 0 Å². The van der Waals surface area contributed by atoms with Gasteiger partial charge in [0.25, 0.3) is 0 Å². The minimum atomic E-state index is -0.587. The van der Waals surface area contributed by atoms with Gasteiger partial charge in [-0.1, -0.05) is 11.6 Å². The Morgan fingerprint density at radius 1 is 1.44 bits per heavy atom. The van der Waals surface area contributed by atoms with Gasteiger partial charge in [-0.05, 0) is 38.1 Å². The molecule has 0 aliphatic rings. The molecule has 0 heterocycles. The predicted octanol–water partition coefficient (Wildman–Crippen LogP) is 3.38. The summed E-state index contributed by atoms with van der Waals surface area (Å²) in [6.07, 6.45) is 0. The molecule has 0 aliphatic heterocycles. The molecule has 1 aromatic rings. The molecule has 0 radical (unpaired) electrons. The molecule has 1 aromatic carbocycles. The van der Waals surface area contributed by atoms with Gasteiger partial charge in [-0.3, -0.25) is 0 Å². The molecule has 86 valence electrons. The van der Waals surface area contributed by atoms with Gasteiger partial charge in [-0.15, -0.1) is 0 Å². The largest absolute Gasteiger partial charge is 0.464 e. The van der Waals surface area contributed by atoms with E-state index in [0.717, 1.165) is 0 Å². The molecule has 16 heavy (non-hydrogen) atoms. The number of hydrogen-bond acceptors (Lipinski definition) is 4. The van der Waals surface area contributed by atoms with E-state index in [1.165, 1.54) is 0 Å². The van der Waals surface area contributed by atoms with Gasteiger partial charge in [0.2, 0.25) is 0 Å². The minimum absolute atomic E-state index is 0.347. The van der Waals surface area contributed by atoms with E-state index in [9.17, 15) is 4.79 Å². The third kappa shape index (κ3) is 3.98. The van der Waals surface area contributed by atoms with Crippen LogP contribution in [0.15, 0.2) is 34.5 Å². The molecule has 0 N–H and O–H groups in total. The first-order valence-corrected chi connectivity index (χ1v) is 5.34.